The van der Waals surface area contributed by atoms with Gasteiger partial charge in [0.25, 0.3) is 0 Å². The third-order valence-corrected chi connectivity index (χ3v) is 2.49. The summed E-state index contributed by atoms with van der Waals surface area (Å²) in [5.41, 5.74) is 0. The zero-order valence-electron chi connectivity index (χ0n) is 9.99. The number of aliphatic carboxylic acids is 1. The van der Waals surface area contributed by atoms with Crippen molar-refractivity contribution in [1.29, 1.82) is 0 Å². The van der Waals surface area contributed by atoms with Crippen molar-refractivity contribution in [2.24, 2.45) is 5.92 Å². The molecule has 0 spiro atoms. The molecule has 0 aliphatic carbocycles. The summed E-state index contributed by atoms with van der Waals surface area (Å²) in [7, 11) is 0. The van der Waals surface area contributed by atoms with Crippen molar-refractivity contribution in [3.8, 4) is 0 Å². The van der Waals surface area contributed by atoms with Crippen molar-refractivity contribution in [2.45, 2.75) is 39.8 Å². The van der Waals surface area contributed by atoms with E-state index >= 15 is 0 Å². The van der Waals surface area contributed by atoms with E-state index in [-0.39, 0.29) is 5.92 Å². The molecule has 1 heterocycles. The Kier molecular flexibility index (Phi) is 4.55. The lowest BCUT2D eigenvalue weighted by Gasteiger charge is -2.16. The first-order valence-electron chi connectivity index (χ1n) is 5.58. The second-order valence-corrected chi connectivity index (χ2v) is 4.16. The van der Waals surface area contributed by atoms with E-state index in [2.05, 4.69) is 5.32 Å². The van der Waals surface area contributed by atoms with Crippen LogP contribution >= 0.6 is 0 Å². The van der Waals surface area contributed by atoms with Gasteiger partial charge in [-0.1, -0.05) is 20.8 Å². The number of carboxylic acid groups (broad SMARTS) is 1. The molecular weight excluding hydrogens is 206 g/mol. The number of nitrogens with one attached hydrogen (secondary N) is 1. The Morgan fingerprint density at radius 3 is 2.50 bits per heavy atom. The topological polar surface area (TPSA) is 62.5 Å². The van der Waals surface area contributed by atoms with Crippen LogP contribution in [-0.2, 0) is 17.8 Å². The lowest BCUT2D eigenvalue weighted by molar-refractivity contribution is -0.140. The van der Waals surface area contributed by atoms with E-state index in [1.54, 1.807) is 0 Å². The van der Waals surface area contributed by atoms with E-state index in [9.17, 15) is 4.79 Å². The van der Waals surface area contributed by atoms with Gasteiger partial charge in [-0.05, 0) is 18.1 Å². The largest absolute Gasteiger partial charge is 0.480 e. The molecule has 2 N–H and O–H groups in total. The molecule has 0 amide bonds. The van der Waals surface area contributed by atoms with Gasteiger partial charge >= 0.3 is 5.97 Å². The summed E-state index contributed by atoms with van der Waals surface area (Å²) in [6.07, 6.45) is 0.854. The van der Waals surface area contributed by atoms with Crippen molar-refractivity contribution in [2.75, 3.05) is 0 Å². The van der Waals surface area contributed by atoms with E-state index in [0.29, 0.717) is 6.54 Å². The Balaban J connectivity index is 2.52. The summed E-state index contributed by atoms with van der Waals surface area (Å²) in [6, 6.07) is 3.27. The van der Waals surface area contributed by atoms with E-state index < -0.39 is 12.0 Å². The summed E-state index contributed by atoms with van der Waals surface area (Å²) < 4.78 is 5.49. The van der Waals surface area contributed by atoms with Gasteiger partial charge in [-0.2, -0.15) is 0 Å². The Morgan fingerprint density at radius 2 is 2.06 bits per heavy atom. The van der Waals surface area contributed by atoms with Crippen LogP contribution in [0.2, 0.25) is 0 Å². The molecule has 0 saturated heterocycles. The highest BCUT2D eigenvalue weighted by Crippen LogP contribution is 2.09. The van der Waals surface area contributed by atoms with Gasteiger partial charge in [-0.15, -0.1) is 0 Å². The molecule has 0 unspecified atom stereocenters. The highest BCUT2D eigenvalue weighted by Gasteiger charge is 2.20. The standard InChI is InChI=1S/C12H19NO3/c1-4-9-5-6-10(16-9)7-13-11(8(2)3)12(14)15/h5-6,8,11,13H,4,7H2,1-3H3,(H,14,15)/t11-/m1/s1. The van der Waals surface area contributed by atoms with E-state index in [1.165, 1.54) is 0 Å². The molecular formula is C12H19NO3. The molecule has 16 heavy (non-hydrogen) atoms. The van der Waals surface area contributed by atoms with Gasteiger partial charge < -0.3 is 9.52 Å². The van der Waals surface area contributed by atoms with Crippen LogP contribution in [0.1, 0.15) is 32.3 Å². The van der Waals surface area contributed by atoms with Gasteiger partial charge in [0.2, 0.25) is 0 Å². The van der Waals surface area contributed by atoms with Crippen molar-refractivity contribution in [1.82, 2.24) is 5.32 Å². The Hall–Kier alpha value is -1.29. The molecule has 0 saturated carbocycles. The molecule has 0 aliphatic heterocycles. The molecule has 0 bridgehead atoms. The number of furan rings is 1. The SMILES string of the molecule is CCc1ccc(CN[C@@H](C(=O)O)C(C)C)o1. The molecule has 1 aromatic rings. The minimum Gasteiger partial charge on any atom is -0.480 e. The molecule has 90 valence electrons. The van der Waals surface area contributed by atoms with Crippen LogP contribution < -0.4 is 5.32 Å². The predicted octanol–water partition coefficient (Wildman–Crippen LogP) is 2.04. The quantitative estimate of drug-likeness (QED) is 0.777. The third-order valence-electron chi connectivity index (χ3n) is 2.49. The number of hydrogen-bond acceptors (Lipinski definition) is 3. The molecule has 1 atom stereocenters. The number of carbonyl (C=O) groups is 1. The van der Waals surface area contributed by atoms with Gasteiger partial charge in [-0.3, -0.25) is 10.1 Å². The molecule has 0 fully saturated rings. The molecule has 4 heteroatoms. The Bertz CT molecular complexity index is 344. The summed E-state index contributed by atoms with van der Waals surface area (Å²) in [5.74, 6) is 0.937. The second kappa shape index (κ2) is 5.70. The number of carboxylic acids is 1. The van der Waals surface area contributed by atoms with Crippen molar-refractivity contribution in [3.05, 3.63) is 23.7 Å². The average Bonchev–Trinajstić information content (AvgIpc) is 2.65. The van der Waals surface area contributed by atoms with E-state index in [4.69, 9.17) is 9.52 Å². The first-order valence-corrected chi connectivity index (χ1v) is 5.58. The Labute approximate surface area is 95.7 Å². The van der Waals surface area contributed by atoms with Crippen molar-refractivity contribution >= 4 is 5.97 Å². The van der Waals surface area contributed by atoms with Gasteiger partial charge in [0, 0.05) is 6.42 Å². The number of rotatable bonds is 6. The van der Waals surface area contributed by atoms with Crippen LogP contribution in [0.25, 0.3) is 0 Å². The van der Waals surface area contributed by atoms with Crippen LogP contribution in [0.5, 0.6) is 0 Å². The van der Waals surface area contributed by atoms with Crippen LogP contribution in [0.15, 0.2) is 16.5 Å². The maximum atomic E-state index is 10.9. The highest BCUT2D eigenvalue weighted by atomic mass is 16.4. The third kappa shape index (κ3) is 3.38. The fraction of sp³-hybridized carbons (Fsp3) is 0.583. The fourth-order valence-corrected chi connectivity index (χ4v) is 1.53. The van der Waals surface area contributed by atoms with Gasteiger partial charge in [0.15, 0.2) is 0 Å². The van der Waals surface area contributed by atoms with E-state index in [1.807, 2.05) is 32.9 Å². The lowest BCUT2D eigenvalue weighted by atomic mass is 10.1. The molecule has 0 aromatic carbocycles. The summed E-state index contributed by atoms with van der Waals surface area (Å²) in [4.78, 5) is 10.9. The van der Waals surface area contributed by atoms with Crippen LogP contribution in [0.3, 0.4) is 0 Å². The maximum Gasteiger partial charge on any atom is 0.320 e. The zero-order valence-corrected chi connectivity index (χ0v) is 9.99. The lowest BCUT2D eigenvalue weighted by Crippen LogP contribution is -2.40. The Morgan fingerprint density at radius 1 is 1.44 bits per heavy atom. The van der Waals surface area contributed by atoms with Crippen LogP contribution in [-0.4, -0.2) is 17.1 Å². The molecule has 0 radical (unpaired) electrons. The highest BCUT2D eigenvalue weighted by molar-refractivity contribution is 5.73. The monoisotopic (exact) mass is 225 g/mol. The molecule has 0 aliphatic rings. The number of hydrogen-bond donors (Lipinski definition) is 2. The molecule has 1 rings (SSSR count). The first kappa shape index (κ1) is 12.8. The minimum atomic E-state index is -0.822. The predicted molar refractivity (Wildman–Crippen MR) is 61.2 cm³/mol. The summed E-state index contributed by atoms with van der Waals surface area (Å²) >= 11 is 0. The van der Waals surface area contributed by atoms with Gasteiger partial charge in [-0.25, -0.2) is 0 Å². The number of aryl methyl sites for hydroxylation is 1. The summed E-state index contributed by atoms with van der Waals surface area (Å²) in [6.45, 7) is 6.23. The molecule has 1 aromatic heterocycles. The van der Waals surface area contributed by atoms with Crippen LogP contribution in [0.4, 0.5) is 0 Å². The maximum absolute atomic E-state index is 10.9. The van der Waals surface area contributed by atoms with E-state index in [0.717, 1.165) is 17.9 Å². The second-order valence-electron chi connectivity index (χ2n) is 4.16. The normalized spacial score (nSPS) is 13.0. The molecule has 4 nitrogen and oxygen atoms in total. The van der Waals surface area contributed by atoms with Gasteiger partial charge in [0.05, 0.1) is 6.54 Å². The van der Waals surface area contributed by atoms with Crippen molar-refractivity contribution in [3.63, 3.8) is 0 Å². The zero-order chi connectivity index (χ0) is 12.1. The average molecular weight is 225 g/mol. The first-order chi connectivity index (χ1) is 7.54. The smallest absolute Gasteiger partial charge is 0.320 e. The summed E-state index contributed by atoms with van der Waals surface area (Å²) in [5, 5.41) is 12.0. The minimum absolute atomic E-state index is 0.0538. The van der Waals surface area contributed by atoms with Gasteiger partial charge in [0.1, 0.15) is 17.6 Å². The van der Waals surface area contributed by atoms with Crippen LogP contribution in [0, 0.1) is 5.92 Å². The fourth-order valence-electron chi connectivity index (χ4n) is 1.53. The van der Waals surface area contributed by atoms with Crippen molar-refractivity contribution < 1.29 is 14.3 Å².